The quantitative estimate of drug-likeness (QED) is 0.878. The molecule has 2 rings (SSSR count). The minimum absolute atomic E-state index is 0.0285. The highest BCUT2D eigenvalue weighted by atomic mass is 19.1. The molecule has 1 aromatic rings. The van der Waals surface area contributed by atoms with Gasteiger partial charge in [-0.1, -0.05) is 13.0 Å². The smallest absolute Gasteiger partial charge is 0.304 e. The van der Waals surface area contributed by atoms with E-state index in [9.17, 15) is 13.6 Å². The van der Waals surface area contributed by atoms with Crippen LogP contribution in [-0.2, 0) is 16.6 Å². The number of hydrogen-bond donors (Lipinski definition) is 1. The molecule has 0 radical (unpaired) electrons. The Balaban J connectivity index is 2.48. The lowest BCUT2D eigenvalue weighted by Crippen LogP contribution is -2.17. The highest BCUT2D eigenvalue weighted by molar-refractivity contribution is 5.70. The summed E-state index contributed by atoms with van der Waals surface area (Å²) in [6.07, 6.45) is 1.36. The summed E-state index contributed by atoms with van der Waals surface area (Å²) < 4.78 is 27.8. The normalized spacial score (nSPS) is 16.9. The molecule has 0 aliphatic heterocycles. The molecule has 0 unspecified atom stereocenters. The average Bonchev–Trinajstić information content (AvgIpc) is 2.97. The van der Waals surface area contributed by atoms with E-state index in [0.717, 1.165) is 0 Å². The van der Waals surface area contributed by atoms with Crippen LogP contribution in [0.4, 0.5) is 8.78 Å². The summed E-state index contributed by atoms with van der Waals surface area (Å²) in [6, 6.07) is 2.66. The largest absolute Gasteiger partial charge is 0.481 e. The fraction of sp³-hybridized carbons (Fsp3) is 0.462. The molecule has 0 atom stereocenters. The predicted octanol–water partition coefficient (Wildman–Crippen LogP) is 3.03. The second-order valence-electron chi connectivity index (χ2n) is 4.60. The lowest BCUT2D eigenvalue weighted by molar-refractivity contribution is -0.137. The van der Waals surface area contributed by atoms with Gasteiger partial charge in [0.2, 0.25) is 0 Å². The first-order valence-corrected chi connectivity index (χ1v) is 5.69. The first-order chi connectivity index (χ1) is 8.00. The van der Waals surface area contributed by atoms with Crippen LogP contribution < -0.4 is 0 Å². The Hall–Kier alpha value is -1.45. The molecule has 0 saturated heterocycles. The van der Waals surface area contributed by atoms with Gasteiger partial charge in [0.1, 0.15) is 11.6 Å². The summed E-state index contributed by atoms with van der Waals surface area (Å²) in [5.74, 6) is -2.20. The number of aryl methyl sites for hydroxylation is 1. The maximum absolute atomic E-state index is 14.1. The van der Waals surface area contributed by atoms with Crippen LogP contribution in [0.1, 0.15) is 37.3 Å². The fourth-order valence-corrected chi connectivity index (χ4v) is 2.31. The van der Waals surface area contributed by atoms with Gasteiger partial charge in [-0.15, -0.1) is 0 Å². The lowest BCUT2D eigenvalue weighted by Gasteiger charge is -2.16. The number of carbonyl (C=O) groups is 1. The summed E-state index contributed by atoms with van der Waals surface area (Å²) in [4.78, 5) is 10.8. The Morgan fingerprint density at radius 1 is 1.41 bits per heavy atom. The SMILES string of the molecule is CCc1ccc(F)c(C2(CC(=O)O)CC2)c1F. The minimum atomic E-state index is -1.01. The molecule has 1 aliphatic rings. The molecule has 0 aromatic heterocycles. The van der Waals surface area contributed by atoms with Crippen LogP contribution in [0.2, 0.25) is 0 Å². The number of hydrogen-bond acceptors (Lipinski definition) is 1. The monoisotopic (exact) mass is 240 g/mol. The molecule has 1 fully saturated rings. The zero-order valence-corrected chi connectivity index (χ0v) is 9.59. The molecule has 1 aliphatic carbocycles. The van der Waals surface area contributed by atoms with Crippen LogP contribution in [0.25, 0.3) is 0 Å². The second-order valence-corrected chi connectivity index (χ2v) is 4.60. The Morgan fingerprint density at radius 2 is 2.06 bits per heavy atom. The van der Waals surface area contributed by atoms with E-state index in [1.54, 1.807) is 6.92 Å². The van der Waals surface area contributed by atoms with Crippen molar-refractivity contribution in [3.8, 4) is 0 Å². The van der Waals surface area contributed by atoms with Crippen LogP contribution in [-0.4, -0.2) is 11.1 Å². The van der Waals surface area contributed by atoms with Crippen molar-refractivity contribution >= 4 is 5.97 Å². The number of benzene rings is 1. The number of aliphatic carboxylic acids is 1. The van der Waals surface area contributed by atoms with Crippen LogP contribution >= 0.6 is 0 Å². The van der Waals surface area contributed by atoms with Crippen LogP contribution in [0.3, 0.4) is 0 Å². The van der Waals surface area contributed by atoms with Gasteiger partial charge >= 0.3 is 5.97 Å². The number of rotatable bonds is 4. The maximum atomic E-state index is 14.1. The van der Waals surface area contributed by atoms with Gasteiger partial charge in [-0.2, -0.15) is 0 Å². The van der Waals surface area contributed by atoms with E-state index in [4.69, 9.17) is 5.11 Å². The van der Waals surface area contributed by atoms with E-state index in [-0.39, 0.29) is 12.0 Å². The molecule has 1 aromatic carbocycles. The Kier molecular flexibility index (Phi) is 2.89. The predicted molar refractivity (Wildman–Crippen MR) is 58.9 cm³/mol. The average molecular weight is 240 g/mol. The van der Waals surface area contributed by atoms with Gasteiger partial charge in [-0.3, -0.25) is 4.79 Å². The van der Waals surface area contributed by atoms with Crippen molar-refractivity contribution in [2.75, 3.05) is 0 Å². The molecule has 1 N–H and O–H groups in total. The summed E-state index contributed by atoms with van der Waals surface area (Å²) in [5.41, 5.74) is -0.400. The van der Waals surface area contributed by atoms with Gasteiger partial charge in [0.05, 0.1) is 6.42 Å². The first-order valence-electron chi connectivity index (χ1n) is 5.69. The standard InChI is InChI=1S/C13H14F2O2/c1-2-8-3-4-9(14)11(12(8)15)13(5-6-13)7-10(16)17/h3-4H,2,5-7H2,1H3,(H,16,17). The highest BCUT2D eigenvalue weighted by Gasteiger charge is 2.49. The number of halogens is 2. The van der Waals surface area contributed by atoms with E-state index in [1.165, 1.54) is 12.1 Å². The van der Waals surface area contributed by atoms with E-state index in [0.29, 0.717) is 24.8 Å². The zero-order valence-electron chi connectivity index (χ0n) is 9.59. The van der Waals surface area contributed by atoms with E-state index >= 15 is 0 Å². The van der Waals surface area contributed by atoms with Crippen LogP contribution in [0.15, 0.2) is 12.1 Å². The Labute approximate surface area is 98.3 Å². The summed E-state index contributed by atoms with van der Waals surface area (Å²) >= 11 is 0. The highest BCUT2D eigenvalue weighted by Crippen LogP contribution is 2.53. The molecule has 0 bridgehead atoms. The van der Waals surface area contributed by atoms with Gasteiger partial charge in [0.15, 0.2) is 0 Å². The Bertz CT molecular complexity index is 465. The van der Waals surface area contributed by atoms with E-state index in [1.807, 2.05) is 0 Å². The summed E-state index contributed by atoms with van der Waals surface area (Å²) in [7, 11) is 0. The van der Waals surface area contributed by atoms with Gasteiger partial charge < -0.3 is 5.11 Å². The molecule has 0 amide bonds. The van der Waals surface area contributed by atoms with Crippen molar-refractivity contribution < 1.29 is 18.7 Å². The van der Waals surface area contributed by atoms with Crippen LogP contribution in [0, 0.1) is 11.6 Å². The van der Waals surface area contributed by atoms with Crippen LogP contribution in [0.5, 0.6) is 0 Å². The van der Waals surface area contributed by atoms with Gasteiger partial charge in [-0.25, -0.2) is 8.78 Å². The molecule has 4 heteroatoms. The van der Waals surface area contributed by atoms with E-state index < -0.39 is 23.0 Å². The molecule has 0 heterocycles. The third-order valence-corrected chi connectivity index (χ3v) is 3.43. The van der Waals surface area contributed by atoms with Crippen molar-refractivity contribution in [3.63, 3.8) is 0 Å². The maximum Gasteiger partial charge on any atom is 0.304 e. The molecular formula is C13H14F2O2. The van der Waals surface area contributed by atoms with Crippen molar-refractivity contribution in [2.45, 2.75) is 38.0 Å². The molecule has 17 heavy (non-hydrogen) atoms. The molecule has 1 saturated carbocycles. The second kappa shape index (κ2) is 4.09. The molecule has 0 spiro atoms. The number of carboxylic acids is 1. The summed E-state index contributed by atoms with van der Waals surface area (Å²) in [6.45, 7) is 1.79. The molecule has 92 valence electrons. The zero-order chi connectivity index (χ0) is 12.6. The Morgan fingerprint density at radius 3 is 2.53 bits per heavy atom. The van der Waals surface area contributed by atoms with Crippen molar-refractivity contribution in [3.05, 3.63) is 34.9 Å². The first kappa shape index (κ1) is 12.0. The van der Waals surface area contributed by atoms with Crippen molar-refractivity contribution in [1.82, 2.24) is 0 Å². The van der Waals surface area contributed by atoms with Crippen molar-refractivity contribution in [1.29, 1.82) is 0 Å². The molecule has 2 nitrogen and oxygen atoms in total. The number of carboxylic acid groups (broad SMARTS) is 1. The molecular weight excluding hydrogens is 226 g/mol. The van der Waals surface area contributed by atoms with Gasteiger partial charge in [0.25, 0.3) is 0 Å². The van der Waals surface area contributed by atoms with Gasteiger partial charge in [-0.05, 0) is 30.9 Å². The minimum Gasteiger partial charge on any atom is -0.481 e. The van der Waals surface area contributed by atoms with Crippen molar-refractivity contribution in [2.24, 2.45) is 0 Å². The topological polar surface area (TPSA) is 37.3 Å². The summed E-state index contributed by atoms with van der Waals surface area (Å²) in [5, 5.41) is 8.81. The third-order valence-electron chi connectivity index (χ3n) is 3.43. The van der Waals surface area contributed by atoms with E-state index in [2.05, 4.69) is 0 Å². The lowest BCUT2D eigenvalue weighted by atomic mass is 9.89. The fourth-order valence-electron chi connectivity index (χ4n) is 2.31. The third kappa shape index (κ3) is 2.04. The van der Waals surface area contributed by atoms with Gasteiger partial charge in [0, 0.05) is 11.0 Å².